The highest BCUT2D eigenvalue weighted by molar-refractivity contribution is 6.03. The molecule has 1 aliphatic rings. The molecule has 130 valence electrons. The molecule has 0 saturated carbocycles. The summed E-state index contributed by atoms with van der Waals surface area (Å²) in [5.74, 6) is 0.623. The van der Waals surface area contributed by atoms with Crippen LogP contribution in [0.4, 0.5) is 11.5 Å². The fourth-order valence-electron chi connectivity index (χ4n) is 2.77. The van der Waals surface area contributed by atoms with Gasteiger partial charge >= 0.3 is 0 Å². The maximum atomic E-state index is 12.4. The van der Waals surface area contributed by atoms with Crippen LogP contribution in [0.15, 0.2) is 48.7 Å². The third-order valence-corrected chi connectivity index (χ3v) is 3.93. The molecule has 6 nitrogen and oxygen atoms in total. The van der Waals surface area contributed by atoms with Crippen molar-refractivity contribution in [3.05, 3.63) is 48.7 Å². The van der Waals surface area contributed by atoms with Crippen LogP contribution in [0.3, 0.4) is 0 Å². The Morgan fingerprint density at radius 1 is 1.24 bits per heavy atom. The molecule has 1 N–H and O–H groups in total. The molecule has 0 unspecified atom stereocenters. The molecule has 1 fully saturated rings. The second-order valence-corrected chi connectivity index (χ2v) is 6.27. The van der Waals surface area contributed by atoms with Crippen molar-refractivity contribution in [1.29, 1.82) is 0 Å². The van der Waals surface area contributed by atoms with Crippen LogP contribution >= 0.6 is 0 Å². The lowest BCUT2D eigenvalue weighted by atomic mass is 10.1. The Kier molecular flexibility index (Phi) is 4.97. The van der Waals surface area contributed by atoms with Crippen LogP contribution in [0, 0.1) is 5.92 Å². The first-order valence-corrected chi connectivity index (χ1v) is 8.32. The zero-order chi connectivity index (χ0) is 17.8. The molecule has 0 radical (unpaired) electrons. The van der Waals surface area contributed by atoms with Gasteiger partial charge in [-0.25, -0.2) is 4.98 Å². The quantitative estimate of drug-likeness (QED) is 0.909. The first kappa shape index (κ1) is 17.0. The number of rotatable bonds is 5. The maximum absolute atomic E-state index is 12.4. The van der Waals surface area contributed by atoms with E-state index in [9.17, 15) is 9.59 Å². The summed E-state index contributed by atoms with van der Waals surface area (Å²) in [4.78, 5) is 30.4. The normalized spacial score (nSPS) is 17.0. The van der Waals surface area contributed by atoms with E-state index in [1.54, 1.807) is 29.3 Å². The van der Waals surface area contributed by atoms with Crippen LogP contribution in [-0.2, 0) is 9.59 Å². The van der Waals surface area contributed by atoms with Gasteiger partial charge in [-0.3, -0.25) is 9.59 Å². The Balaban J connectivity index is 1.65. The van der Waals surface area contributed by atoms with Crippen LogP contribution in [0.5, 0.6) is 5.75 Å². The summed E-state index contributed by atoms with van der Waals surface area (Å²) in [6, 6.07) is 12.7. The zero-order valence-electron chi connectivity index (χ0n) is 14.3. The molecule has 25 heavy (non-hydrogen) atoms. The minimum absolute atomic E-state index is 0.0568. The van der Waals surface area contributed by atoms with Crippen LogP contribution in [0.2, 0.25) is 0 Å². The molecule has 6 heteroatoms. The number of carbonyl (C=O) groups excluding carboxylic acids is 2. The summed E-state index contributed by atoms with van der Waals surface area (Å²) < 4.78 is 5.61. The lowest BCUT2D eigenvalue weighted by molar-refractivity contribution is -0.122. The predicted molar refractivity (Wildman–Crippen MR) is 95.5 cm³/mol. The number of anilines is 2. The van der Waals surface area contributed by atoms with Crippen molar-refractivity contribution in [3.63, 3.8) is 0 Å². The Bertz CT molecular complexity index is 744. The molecule has 1 atom stereocenters. The number of nitrogens with one attached hydrogen (secondary N) is 1. The van der Waals surface area contributed by atoms with Crippen molar-refractivity contribution >= 4 is 23.3 Å². The van der Waals surface area contributed by atoms with Crippen molar-refractivity contribution in [3.8, 4) is 5.75 Å². The average molecular weight is 339 g/mol. The van der Waals surface area contributed by atoms with E-state index < -0.39 is 0 Å². The van der Waals surface area contributed by atoms with Crippen molar-refractivity contribution in [2.24, 2.45) is 5.92 Å². The molecule has 1 saturated heterocycles. The van der Waals surface area contributed by atoms with Gasteiger partial charge in [-0.1, -0.05) is 6.07 Å². The van der Waals surface area contributed by atoms with Gasteiger partial charge in [-0.05, 0) is 50.2 Å². The monoisotopic (exact) mass is 339 g/mol. The highest BCUT2D eigenvalue weighted by Gasteiger charge is 2.35. The number of pyridine rings is 1. The number of hydrogen-bond acceptors (Lipinski definition) is 4. The SMILES string of the molecule is CC(C)Oc1ccc(N2C[C@@H](C(=O)Nc3ccccn3)CC2=O)cc1. The topological polar surface area (TPSA) is 71.5 Å². The molecule has 0 bridgehead atoms. The van der Waals surface area contributed by atoms with Gasteiger partial charge in [0.1, 0.15) is 11.6 Å². The Labute approximate surface area is 146 Å². The molecule has 2 heterocycles. The van der Waals surface area contributed by atoms with E-state index >= 15 is 0 Å². The molecule has 0 aliphatic carbocycles. The van der Waals surface area contributed by atoms with Crippen molar-refractivity contribution in [1.82, 2.24) is 4.98 Å². The third kappa shape index (κ3) is 4.15. The molecule has 3 rings (SSSR count). The predicted octanol–water partition coefficient (Wildman–Crippen LogP) is 2.86. The van der Waals surface area contributed by atoms with Crippen molar-refractivity contribution < 1.29 is 14.3 Å². The lowest BCUT2D eigenvalue weighted by Crippen LogP contribution is -2.28. The molecular weight excluding hydrogens is 318 g/mol. The maximum Gasteiger partial charge on any atom is 0.230 e. The Hall–Kier alpha value is -2.89. The van der Waals surface area contributed by atoms with Gasteiger partial charge in [0, 0.05) is 24.8 Å². The van der Waals surface area contributed by atoms with Gasteiger partial charge in [-0.15, -0.1) is 0 Å². The van der Waals surface area contributed by atoms with E-state index in [2.05, 4.69) is 10.3 Å². The molecule has 1 aromatic heterocycles. The number of nitrogens with zero attached hydrogens (tertiary/aromatic N) is 2. The molecule has 0 spiro atoms. The number of aromatic nitrogens is 1. The summed E-state index contributed by atoms with van der Waals surface area (Å²) in [5.41, 5.74) is 0.772. The van der Waals surface area contributed by atoms with Gasteiger partial charge in [0.15, 0.2) is 0 Å². The Morgan fingerprint density at radius 2 is 2.00 bits per heavy atom. The number of ether oxygens (including phenoxy) is 1. The number of benzene rings is 1. The van der Waals surface area contributed by atoms with E-state index in [0.717, 1.165) is 11.4 Å². The summed E-state index contributed by atoms with van der Waals surface area (Å²) >= 11 is 0. The van der Waals surface area contributed by atoms with Crippen LogP contribution in [0.1, 0.15) is 20.3 Å². The van der Waals surface area contributed by atoms with Gasteiger partial charge in [0.05, 0.1) is 12.0 Å². The first-order chi connectivity index (χ1) is 12.0. The van der Waals surface area contributed by atoms with Gasteiger partial charge < -0.3 is 15.0 Å². The fourth-order valence-corrected chi connectivity index (χ4v) is 2.77. The highest BCUT2D eigenvalue weighted by atomic mass is 16.5. The van der Waals surface area contributed by atoms with Crippen LogP contribution in [0.25, 0.3) is 0 Å². The van der Waals surface area contributed by atoms with Crippen molar-refractivity contribution in [2.75, 3.05) is 16.8 Å². The fraction of sp³-hybridized carbons (Fsp3) is 0.316. The smallest absolute Gasteiger partial charge is 0.230 e. The second kappa shape index (κ2) is 7.34. The summed E-state index contributed by atoms with van der Waals surface area (Å²) in [7, 11) is 0. The van der Waals surface area contributed by atoms with E-state index in [4.69, 9.17) is 4.74 Å². The Morgan fingerprint density at radius 3 is 2.64 bits per heavy atom. The van der Waals surface area contributed by atoms with Crippen LogP contribution in [-0.4, -0.2) is 29.4 Å². The number of hydrogen-bond donors (Lipinski definition) is 1. The number of amides is 2. The largest absolute Gasteiger partial charge is 0.491 e. The van der Waals surface area contributed by atoms with Gasteiger partial charge in [0.2, 0.25) is 11.8 Å². The standard InChI is InChI=1S/C19H21N3O3/c1-13(2)25-16-8-6-15(7-9-16)22-12-14(11-18(22)23)19(24)21-17-5-3-4-10-20-17/h3-10,13-14H,11-12H2,1-2H3,(H,20,21,24)/t14-/m0/s1. The van der Waals surface area contributed by atoms with E-state index in [1.165, 1.54) is 0 Å². The van der Waals surface area contributed by atoms with E-state index in [-0.39, 0.29) is 30.3 Å². The van der Waals surface area contributed by atoms with Crippen molar-refractivity contribution in [2.45, 2.75) is 26.4 Å². The molecule has 1 aliphatic heterocycles. The van der Waals surface area contributed by atoms with Gasteiger partial charge in [-0.2, -0.15) is 0 Å². The first-order valence-electron chi connectivity index (χ1n) is 8.32. The lowest BCUT2D eigenvalue weighted by Gasteiger charge is -2.17. The zero-order valence-corrected chi connectivity index (χ0v) is 14.3. The minimum atomic E-state index is -0.388. The van der Waals surface area contributed by atoms with E-state index in [1.807, 2.05) is 38.1 Å². The summed E-state index contributed by atoms with van der Waals surface area (Å²) in [5, 5.41) is 2.76. The average Bonchev–Trinajstić information content (AvgIpc) is 2.98. The molecule has 2 aromatic rings. The van der Waals surface area contributed by atoms with E-state index in [0.29, 0.717) is 12.4 Å². The van der Waals surface area contributed by atoms with Gasteiger partial charge in [0.25, 0.3) is 0 Å². The second-order valence-electron chi connectivity index (χ2n) is 6.27. The summed E-state index contributed by atoms with van der Waals surface area (Å²) in [6.07, 6.45) is 1.91. The van der Waals surface area contributed by atoms with Crippen LogP contribution < -0.4 is 15.0 Å². The molecule has 2 amide bonds. The molecular formula is C19H21N3O3. The highest BCUT2D eigenvalue weighted by Crippen LogP contribution is 2.27. The molecule has 1 aromatic carbocycles. The third-order valence-electron chi connectivity index (χ3n) is 3.93. The minimum Gasteiger partial charge on any atom is -0.491 e. The summed E-state index contributed by atoms with van der Waals surface area (Å²) in [6.45, 7) is 4.29. The number of carbonyl (C=O) groups is 2.